The van der Waals surface area contributed by atoms with Crippen LogP contribution in [0.4, 0.5) is 0 Å². The first-order valence-electron chi connectivity index (χ1n) is 6.71. The van der Waals surface area contributed by atoms with Crippen LogP contribution in [0.2, 0.25) is 0 Å². The highest BCUT2D eigenvalue weighted by atomic mass is 14.5. The van der Waals surface area contributed by atoms with Gasteiger partial charge >= 0.3 is 0 Å². The third kappa shape index (κ3) is 3.52. The van der Waals surface area contributed by atoms with Crippen molar-refractivity contribution in [2.75, 3.05) is 0 Å². The number of fused-ring (bicyclic) bond motifs is 1. The third-order valence-electron chi connectivity index (χ3n) is 3.70. The summed E-state index contributed by atoms with van der Waals surface area (Å²) in [5.41, 5.74) is 0. The van der Waals surface area contributed by atoms with Crippen molar-refractivity contribution in [3.05, 3.63) is 0 Å². The number of hydrogen-bond acceptors (Lipinski definition) is 1. The van der Waals surface area contributed by atoms with E-state index in [0.717, 1.165) is 17.8 Å². The van der Waals surface area contributed by atoms with Gasteiger partial charge in [-0.3, -0.25) is 0 Å². The van der Waals surface area contributed by atoms with E-state index in [9.17, 15) is 0 Å². The molecule has 1 nitrogen and oxygen atoms in total. The Labute approximate surface area is 95.9 Å². The molecular formula is C14H27N. The smallest absolute Gasteiger partial charge is 0.0655 e. The van der Waals surface area contributed by atoms with E-state index in [1.54, 1.807) is 0 Å². The normalized spacial score (nSPS) is 32.9. The van der Waals surface area contributed by atoms with Crippen molar-refractivity contribution >= 4 is 0 Å². The molecule has 2 fully saturated rings. The molecule has 2 saturated carbocycles. The van der Waals surface area contributed by atoms with Crippen molar-refractivity contribution in [2.45, 2.75) is 60.3 Å². The SMILES string of the molecule is CC.CC.CC(C#N)C1CC2CCC2C1. The van der Waals surface area contributed by atoms with Crippen LogP contribution in [0.15, 0.2) is 0 Å². The fraction of sp³-hybridized carbons (Fsp3) is 0.929. The molecule has 2 aliphatic rings. The maximum Gasteiger partial charge on any atom is 0.0655 e. The second-order valence-electron chi connectivity index (χ2n) is 4.25. The minimum absolute atomic E-state index is 0.306. The summed E-state index contributed by atoms with van der Waals surface area (Å²) >= 11 is 0. The minimum atomic E-state index is 0.306. The summed E-state index contributed by atoms with van der Waals surface area (Å²) in [6.45, 7) is 10.1. The Hall–Kier alpha value is -0.510. The average molecular weight is 209 g/mol. The third-order valence-corrected chi connectivity index (χ3v) is 3.70. The van der Waals surface area contributed by atoms with E-state index in [2.05, 4.69) is 13.0 Å². The lowest BCUT2D eigenvalue weighted by atomic mass is 9.77. The van der Waals surface area contributed by atoms with Gasteiger partial charge in [-0.25, -0.2) is 0 Å². The van der Waals surface area contributed by atoms with E-state index in [1.165, 1.54) is 25.7 Å². The average Bonchev–Trinajstić information content (AvgIpc) is 2.60. The van der Waals surface area contributed by atoms with Crippen LogP contribution in [-0.4, -0.2) is 0 Å². The van der Waals surface area contributed by atoms with Gasteiger partial charge in [0.2, 0.25) is 0 Å². The zero-order valence-corrected chi connectivity index (χ0v) is 11.1. The lowest BCUT2D eigenvalue weighted by molar-refractivity contribution is 0.219. The molecule has 15 heavy (non-hydrogen) atoms. The second-order valence-corrected chi connectivity index (χ2v) is 4.25. The molecule has 0 saturated heterocycles. The fourth-order valence-corrected chi connectivity index (χ4v) is 2.65. The van der Waals surface area contributed by atoms with E-state index in [-0.39, 0.29) is 0 Å². The van der Waals surface area contributed by atoms with E-state index < -0.39 is 0 Å². The summed E-state index contributed by atoms with van der Waals surface area (Å²) in [6.07, 6.45) is 5.58. The molecule has 3 unspecified atom stereocenters. The predicted molar refractivity (Wildman–Crippen MR) is 66.4 cm³/mol. The molecule has 0 spiro atoms. The molecule has 0 heterocycles. The number of hydrogen-bond donors (Lipinski definition) is 0. The first-order valence-corrected chi connectivity index (χ1v) is 6.71. The topological polar surface area (TPSA) is 23.8 Å². The summed E-state index contributed by atoms with van der Waals surface area (Å²) < 4.78 is 0. The molecule has 0 aromatic heterocycles. The minimum Gasteiger partial charge on any atom is -0.198 e. The summed E-state index contributed by atoms with van der Waals surface area (Å²) in [5.74, 6) is 3.06. The van der Waals surface area contributed by atoms with Crippen molar-refractivity contribution in [3.63, 3.8) is 0 Å². The van der Waals surface area contributed by atoms with Crippen LogP contribution in [0.1, 0.15) is 60.3 Å². The molecule has 2 rings (SSSR count). The van der Waals surface area contributed by atoms with Crippen LogP contribution in [0.3, 0.4) is 0 Å². The van der Waals surface area contributed by atoms with Crippen molar-refractivity contribution in [3.8, 4) is 6.07 Å². The monoisotopic (exact) mass is 209 g/mol. The number of rotatable bonds is 1. The van der Waals surface area contributed by atoms with Gasteiger partial charge in [-0.2, -0.15) is 5.26 Å². The van der Waals surface area contributed by atoms with Gasteiger partial charge in [-0.1, -0.05) is 27.7 Å². The molecule has 0 N–H and O–H groups in total. The first-order chi connectivity index (χ1) is 7.31. The highest BCUT2D eigenvalue weighted by Crippen LogP contribution is 2.51. The largest absolute Gasteiger partial charge is 0.198 e. The van der Waals surface area contributed by atoms with Crippen LogP contribution in [0.25, 0.3) is 0 Å². The van der Waals surface area contributed by atoms with Gasteiger partial charge in [-0.15, -0.1) is 0 Å². The van der Waals surface area contributed by atoms with Gasteiger partial charge in [0.1, 0.15) is 0 Å². The van der Waals surface area contributed by atoms with Crippen LogP contribution < -0.4 is 0 Å². The quantitative estimate of drug-likeness (QED) is 0.617. The highest BCUT2D eigenvalue weighted by molar-refractivity contribution is 4.96. The summed E-state index contributed by atoms with van der Waals surface area (Å²) in [4.78, 5) is 0. The Morgan fingerprint density at radius 3 is 1.67 bits per heavy atom. The molecule has 88 valence electrons. The number of nitriles is 1. The van der Waals surface area contributed by atoms with E-state index >= 15 is 0 Å². The van der Waals surface area contributed by atoms with Crippen molar-refractivity contribution in [2.24, 2.45) is 23.7 Å². The Kier molecular flexibility index (Phi) is 7.48. The molecule has 3 atom stereocenters. The maximum atomic E-state index is 8.74. The summed E-state index contributed by atoms with van der Waals surface area (Å²) in [6, 6.07) is 2.38. The molecule has 0 aliphatic heterocycles. The van der Waals surface area contributed by atoms with Crippen LogP contribution in [0, 0.1) is 35.0 Å². The summed E-state index contributed by atoms with van der Waals surface area (Å²) in [7, 11) is 0. The molecule has 1 heteroatoms. The standard InChI is InChI=1S/C10H15N.2C2H6/c1-7(6-11)10-4-8-2-3-9(8)5-10;2*1-2/h7-10H,2-5H2,1H3;2*1-2H3. The van der Waals surface area contributed by atoms with Crippen molar-refractivity contribution in [1.29, 1.82) is 5.26 Å². The second kappa shape index (κ2) is 7.74. The molecule has 0 bridgehead atoms. The van der Waals surface area contributed by atoms with E-state index in [4.69, 9.17) is 5.26 Å². The van der Waals surface area contributed by atoms with E-state index in [0.29, 0.717) is 5.92 Å². The van der Waals surface area contributed by atoms with Gasteiger partial charge in [0, 0.05) is 5.92 Å². The molecule has 2 aliphatic carbocycles. The zero-order chi connectivity index (χ0) is 11.8. The highest BCUT2D eigenvalue weighted by Gasteiger charge is 2.41. The maximum absolute atomic E-state index is 8.74. The lowest BCUT2D eigenvalue weighted by Crippen LogP contribution is -2.18. The summed E-state index contributed by atoms with van der Waals surface area (Å²) in [5, 5.41) is 8.74. The van der Waals surface area contributed by atoms with Crippen LogP contribution in [-0.2, 0) is 0 Å². The first kappa shape index (κ1) is 14.5. The molecule has 0 aromatic carbocycles. The fourth-order valence-electron chi connectivity index (χ4n) is 2.65. The Bertz CT molecular complexity index is 180. The molecule has 0 aromatic rings. The molecular weight excluding hydrogens is 182 g/mol. The van der Waals surface area contributed by atoms with Crippen molar-refractivity contribution in [1.82, 2.24) is 0 Å². The Morgan fingerprint density at radius 2 is 1.40 bits per heavy atom. The van der Waals surface area contributed by atoms with Gasteiger partial charge in [0.15, 0.2) is 0 Å². The van der Waals surface area contributed by atoms with E-state index in [1.807, 2.05) is 27.7 Å². The zero-order valence-electron chi connectivity index (χ0n) is 11.1. The number of nitrogens with zero attached hydrogens (tertiary/aromatic N) is 1. The molecule has 0 amide bonds. The van der Waals surface area contributed by atoms with Gasteiger partial charge < -0.3 is 0 Å². The van der Waals surface area contributed by atoms with Crippen LogP contribution in [0.5, 0.6) is 0 Å². The van der Waals surface area contributed by atoms with Gasteiger partial charge in [0.05, 0.1) is 6.07 Å². The van der Waals surface area contributed by atoms with Crippen LogP contribution >= 0.6 is 0 Å². The predicted octanol–water partition coefficient (Wildman–Crippen LogP) is 4.63. The van der Waals surface area contributed by atoms with Crippen molar-refractivity contribution < 1.29 is 0 Å². The van der Waals surface area contributed by atoms with Gasteiger partial charge in [-0.05, 0) is 50.4 Å². The lowest BCUT2D eigenvalue weighted by Gasteiger charge is -2.29. The Morgan fingerprint density at radius 1 is 1.00 bits per heavy atom. The van der Waals surface area contributed by atoms with Gasteiger partial charge in [0.25, 0.3) is 0 Å². The molecule has 0 radical (unpaired) electrons. The Balaban J connectivity index is 0.000000442.